The van der Waals surface area contributed by atoms with Crippen molar-refractivity contribution in [2.45, 2.75) is 33.0 Å². The number of rotatable bonds is 4. The fourth-order valence-electron chi connectivity index (χ4n) is 2.47. The molecule has 1 aromatic heterocycles. The zero-order chi connectivity index (χ0) is 14.5. The molecule has 110 valence electrons. The lowest BCUT2D eigenvalue weighted by Gasteiger charge is -2.35. The second-order valence-corrected chi connectivity index (χ2v) is 5.26. The van der Waals surface area contributed by atoms with Crippen LogP contribution in [0, 0.1) is 6.92 Å². The van der Waals surface area contributed by atoms with Gasteiger partial charge in [-0.15, -0.1) is 0 Å². The van der Waals surface area contributed by atoms with Gasteiger partial charge in [-0.1, -0.05) is 0 Å². The van der Waals surface area contributed by atoms with Gasteiger partial charge in [0.05, 0.1) is 12.2 Å². The first-order chi connectivity index (χ1) is 9.54. The van der Waals surface area contributed by atoms with E-state index in [0.29, 0.717) is 18.1 Å². The molecule has 0 radical (unpaired) electrons. The highest BCUT2D eigenvalue weighted by Crippen LogP contribution is 2.09. The minimum atomic E-state index is -0.148. The Hall–Kier alpha value is -1.53. The van der Waals surface area contributed by atoms with Gasteiger partial charge in [-0.05, 0) is 26.8 Å². The molecule has 1 aliphatic rings. The molecule has 6 nitrogen and oxygen atoms in total. The molecule has 0 aromatic carbocycles. The van der Waals surface area contributed by atoms with E-state index in [1.54, 1.807) is 19.2 Å². The van der Waals surface area contributed by atoms with Gasteiger partial charge in [0.2, 0.25) is 0 Å². The van der Waals surface area contributed by atoms with Gasteiger partial charge in [0, 0.05) is 32.4 Å². The average molecular weight is 278 g/mol. The number of nitrogens with zero attached hydrogens (tertiary/aromatic N) is 3. The Bertz CT molecular complexity index is 456. The van der Waals surface area contributed by atoms with Gasteiger partial charge in [0.1, 0.15) is 11.5 Å². The van der Waals surface area contributed by atoms with Crippen LogP contribution in [0.4, 0.5) is 0 Å². The summed E-state index contributed by atoms with van der Waals surface area (Å²) < 4.78 is 5.68. The molecule has 6 heteroatoms. The minimum absolute atomic E-state index is 0.148. The maximum absolute atomic E-state index is 11.9. The number of morpholine rings is 1. The molecule has 1 aromatic rings. The third-order valence-corrected chi connectivity index (χ3v) is 3.22. The molecule has 1 fully saturated rings. The number of carbonyl (C=O) groups excluding carboxylic acids is 1. The summed E-state index contributed by atoms with van der Waals surface area (Å²) in [4.78, 5) is 22.3. The van der Waals surface area contributed by atoms with Gasteiger partial charge < -0.3 is 10.1 Å². The lowest BCUT2D eigenvalue weighted by atomic mass is 10.2. The van der Waals surface area contributed by atoms with Gasteiger partial charge in [-0.2, -0.15) is 0 Å². The second kappa shape index (κ2) is 6.76. The van der Waals surface area contributed by atoms with Crippen molar-refractivity contribution in [2.24, 2.45) is 0 Å². The Labute approximate surface area is 119 Å². The van der Waals surface area contributed by atoms with Crippen molar-refractivity contribution in [3.05, 3.63) is 23.8 Å². The predicted molar refractivity (Wildman–Crippen MR) is 75.6 cm³/mol. The first-order valence-electron chi connectivity index (χ1n) is 7.00. The number of amides is 1. The maximum Gasteiger partial charge on any atom is 0.270 e. The first-order valence-corrected chi connectivity index (χ1v) is 7.00. The molecule has 1 saturated heterocycles. The molecule has 0 unspecified atom stereocenters. The highest BCUT2D eigenvalue weighted by atomic mass is 16.5. The zero-order valence-electron chi connectivity index (χ0n) is 12.3. The summed E-state index contributed by atoms with van der Waals surface area (Å²) in [5.74, 6) is 0.457. The molecule has 2 atom stereocenters. The van der Waals surface area contributed by atoms with Crippen molar-refractivity contribution in [1.29, 1.82) is 0 Å². The van der Waals surface area contributed by atoms with Crippen LogP contribution in [0.15, 0.2) is 12.3 Å². The molecular weight excluding hydrogens is 256 g/mol. The van der Waals surface area contributed by atoms with Crippen molar-refractivity contribution in [1.82, 2.24) is 20.2 Å². The van der Waals surface area contributed by atoms with E-state index in [-0.39, 0.29) is 18.1 Å². The van der Waals surface area contributed by atoms with E-state index >= 15 is 0 Å². The first kappa shape index (κ1) is 14.9. The normalized spacial score (nSPS) is 23.6. The topological polar surface area (TPSA) is 67.4 Å². The Morgan fingerprint density at radius 1 is 1.45 bits per heavy atom. The van der Waals surface area contributed by atoms with E-state index in [1.165, 1.54) is 0 Å². The Kier molecular flexibility index (Phi) is 5.03. The average Bonchev–Trinajstić information content (AvgIpc) is 2.37. The number of ether oxygens (including phenoxy) is 1. The highest BCUT2D eigenvalue weighted by molar-refractivity contribution is 5.92. The Morgan fingerprint density at radius 3 is 2.80 bits per heavy atom. The summed E-state index contributed by atoms with van der Waals surface area (Å²) in [6.07, 6.45) is 2.10. The lowest BCUT2D eigenvalue weighted by Crippen LogP contribution is -2.47. The number of carbonyl (C=O) groups is 1. The quantitative estimate of drug-likeness (QED) is 0.874. The summed E-state index contributed by atoms with van der Waals surface area (Å²) >= 11 is 0. The van der Waals surface area contributed by atoms with Crippen molar-refractivity contribution >= 4 is 5.91 Å². The van der Waals surface area contributed by atoms with E-state index in [0.717, 1.165) is 19.6 Å². The van der Waals surface area contributed by atoms with E-state index in [1.807, 2.05) is 0 Å². The lowest BCUT2D eigenvalue weighted by molar-refractivity contribution is -0.0672. The van der Waals surface area contributed by atoms with Crippen LogP contribution in [0.5, 0.6) is 0 Å². The largest absolute Gasteiger partial charge is 0.373 e. The van der Waals surface area contributed by atoms with Crippen LogP contribution < -0.4 is 5.32 Å². The highest BCUT2D eigenvalue weighted by Gasteiger charge is 2.21. The van der Waals surface area contributed by atoms with Crippen molar-refractivity contribution in [3.63, 3.8) is 0 Å². The summed E-state index contributed by atoms with van der Waals surface area (Å²) in [7, 11) is 0. The van der Waals surface area contributed by atoms with Gasteiger partial charge in [0.25, 0.3) is 5.91 Å². The molecule has 2 rings (SSSR count). The fraction of sp³-hybridized carbons (Fsp3) is 0.643. The molecule has 2 heterocycles. The predicted octanol–water partition coefficient (Wildman–Crippen LogP) is 0.624. The molecular formula is C14H22N4O2. The molecule has 1 N–H and O–H groups in total. The van der Waals surface area contributed by atoms with Gasteiger partial charge in [-0.3, -0.25) is 9.69 Å². The van der Waals surface area contributed by atoms with Gasteiger partial charge >= 0.3 is 0 Å². The van der Waals surface area contributed by atoms with Crippen LogP contribution in [0.1, 0.15) is 30.2 Å². The summed E-state index contributed by atoms with van der Waals surface area (Å²) in [5, 5.41) is 2.89. The van der Waals surface area contributed by atoms with Crippen molar-refractivity contribution in [3.8, 4) is 0 Å². The van der Waals surface area contributed by atoms with Crippen LogP contribution in [-0.2, 0) is 4.74 Å². The number of nitrogens with one attached hydrogen (secondary N) is 1. The SMILES string of the molecule is Cc1nccc(C(=O)NCCN2C[C@@H](C)O[C@H](C)C2)n1. The van der Waals surface area contributed by atoms with Gasteiger partial charge in [-0.25, -0.2) is 9.97 Å². The Morgan fingerprint density at radius 2 is 2.15 bits per heavy atom. The summed E-state index contributed by atoms with van der Waals surface area (Å²) in [5.41, 5.74) is 0.418. The van der Waals surface area contributed by atoms with E-state index in [2.05, 4.69) is 34.0 Å². The standard InChI is InChI=1S/C14H22N4O2/c1-10-8-18(9-11(2)20-10)7-6-16-14(19)13-4-5-15-12(3)17-13/h4-5,10-11H,6-9H2,1-3H3,(H,16,19)/t10-,11-/m1/s1. The zero-order valence-corrected chi connectivity index (χ0v) is 12.3. The molecule has 1 amide bonds. The fourth-order valence-corrected chi connectivity index (χ4v) is 2.47. The maximum atomic E-state index is 11.9. The third-order valence-electron chi connectivity index (χ3n) is 3.22. The van der Waals surface area contributed by atoms with Crippen LogP contribution >= 0.6 is 0 Å². The molecule has 0 bridgehead atoms. The third kappa shape index (κ3) is 4.25. The minimum Gasteiger partial charge on any atom is -0.373 e. The van der Waals surface area contributed by atoms with Crippen LogP contribution in [0.25, 0.3) is 0 Å². The smallest absolute Gasteiger partial charge is 0.270 e. The second-order valence-electron chi connectivity index (χ2n) is 5.26. The van der Waals surface area contributed by atoms with Crippen LogP contribution in [0.3, 0.4) is 0 Å². The molecule has 0 spiro atoms. The number of hydrogen-bond donors (Lipinski definition) is 1. The number of aromatic nitrogens is 2. The van der Waals surface area contributed by atoms with E-state index < -0.39 is 0 Å². The number of hydrogen-bond acceptors (Lipinski definition) is 5. The Balaban J connectivity index is 1.77. The monoisotopic (exact) mass is 278 g/mol. The molecule has 0 aliphatic carbocycles. The molecule has 1 aliphatic heterocycles. The summed E-state index contributed by atoms with van der Waals surface area (Å²) in [6.45, 7) is 9.18. The summed E-state index contributed by atoms with van der Waals surface area (Å²) in [6, 6.07) is 1.63. The number of aryl methyl sites for hydroxylation is 1. The van der Waals surface area contributed by atoms with Gasteiger partial charge in [0.15, 0.2) is 0 Å². The molecule has 0 saturated carbocycles. The van der Waals surface area contributed by atoms with Crippen molar-refractivity contribution in [2.75, 3.05) is 26.2 Å². The van der Waals surface area contributed by atoms with E-state index in [4.69, 9.17) is 4.74 Å². The van der Waals surface area contributed by atoms with Crippen LogP contribution in [0.2, 0.25) is 0 Å². The van der Waals surface area contributed by atoms with Crippen molar-refractivity contribution < 1.29 is 9.53 Å². The molecule has 20 heavy (non-hydrogen) atoms. The van der Waals surface area contributed by atoms with E-state index in [9.17, 15) is 4.79 Å². The van der Waals surface area contributed by atoms with Crippen LogP contribution in [-0.4, -0.2) is 59.2 Å².